The second-order valence-corrected chi connectivity index (χ2v) is 3.39. The van der Waals surface area contributed by atoms with Gasteiger partial charge in [-0.3, -0.25) is 4.79 Å². The summed E-state index contributed by atoms with van der Waals surface area (Å²) in [6, 6.07) is 1.65. The molecule has 1 N–H and O–H groups in total. The van der Waals surface area contributed by atoms with E-state index in [2.05, 4.69) is 22.1 Å². The molecule has 0 aliphatic heterocycles. The fourth-order valence-corrected chi connectivity index (χ4v) is 1.10. The second kappa shape index (κ2) is 5.86. The summed E-state index contributed by atoms with van der Waals surface area (Å²) >= 11 is 0. The number of carbonyl (C=O) groups excluding carboxylic acids is 1. The Hall–Kier alpha value is -1.89. The summed E-state index contributed by atoms with van der Waals surface area (Å²) in [5.41, 5.74) is 1.16. The predicted molar refractivity (Wildman–Crippen MR) is 59.1 cm³/mol. The van der Waals surface area contributed by atoms with Crippen LogP contribution in [-0.4, -0.2) is 17.4 Å². The van der Waals surface area contributed by atoms with Crippen LogP contribution in [0.1, 0.15) is 24.5 Å². The molecule has 0 atom stereocenters. The minimum absolute atomic E-state index is 0.0924. The summed E-state index contributed by atoms with van der Waals surface area (Å²) in [5, 5.41) is 2.61. The molecule has 0 unspecified atom stereocenters. The van der Waals surface area contributed by atoms with Crippen molar-refractivity contribution in [2.24, 2.45) is 0 Å². The van der Waals surface area contributed by atoms with Gasteiger partial charge in [0.05, 0.1) is 5.56 Å². The van der Waals surface area contributed by atoms with Crippen molar-refractivity contribution < 1.29 is 9.18 Å². The largest absolute Gasteiger partial charge is 0.355 e. The average molecular weight is 220 g/mol. The summed E-state index contributed by atoms with van der Waals surface area (Å²) in [6.07, 6.45) is 1.95. The van der Waals surface area contributed by atoms with E-state index in [4.69, 9.17) is 0 Å². The Bertz CT molecular complexity index is 446. The van der Waals surface area contributed by atoms with Crippen molar-refractivity contribution in [1.29, 1.82) is 0 Å². The molecule has 1 rings (SSSR count). The lowest BCUT2D eigenvalue weighted by molar-refractivity contribution is -0.118. The Labute approximate surface area is 94.1 Å². The molecule has 0 saturated heterocycles. The van der Waals surface area contributed by atoms with Crippen LogP contribution in [0.2, 0.25) is 0 Å². The van der Waals surface area contributed by atoms with Gasteiger partial charge in [0, 0.05) is 26.1 Å². The van der Waals surface area contributed by atoms with Gasteiger partial charge < -0.3 is 5.32 Å². The molecular weight excluding hydrogens is 207 g/mol. The van der Waals surface area contributed by atoms with Crippen LogP contribution in [0.5, 0.6) is 0 Å². The number of hydrogen-bond donors (Lipinski definition) is 1. The third-order valence-electron chi connectivity index (χ3n) is 1.82. The molecule has 0 aliphatic rings. The quantitative estimate of drug-likeness (QED) is 0.465. The molecule has 1 amide bonds. The summed E-state index contributed by atoms with van der Waals surface area (Å²) in [5.74, 6) is 4.82. The van der Waals surface area contributed by atoms with Gasteiger partial charge in [0.1, 0.15) is 0 Å². The molecule has 0 spiro atoms. The van der Waals surface area contributed by atoms with Crippen LogP contribution in [0, 0.1) is 24.7 Å². The van der Waals surface area contributed by atoms with Crippen molar-refractivity contribution in [3.8, 4) is 11.8 Å². The first-order valence-electron chi connectivity index (χ1n) is 4.95. The van der Waals surface area contributed by atoms with Gasteiger partial charge in [0.2, 0.25) is 11.9 Å². The molecule has 4 heteroatoms. The van der Waals surface area contributed by atoms with Crippen molar-refractivity contribution >= 4 is 5.91 Å². The van der Waals surface area contributed by atoms with E-state index in [-0.39, 0.29) is 5.91 Å². The highest BCUT2D eigenvalue weighted by atomic mass is 19.1. The van der Waals surface area contributed by atoms with Crippen LogP contribution < -0.4 is 5.32 Å². The van der Waals surface area contributed by atoms with Crippen LogP contribution in [-0.2, 0) is 4.79 Å². The van der Waals surface area contributed by atoms with Gasteiger partial charge in [0.25, 0.3) is 0 Å². The third-order valence-corrected chi connectivity index (χ3v) is 1.82. The summed E-state index contributed by atoms with van der Waals surface area (Å²) in [4.78, 5) is 14.1. The number of rotatable bonds is 2. The molecule has 0 aromatic carbocycles. The van der Waals surface area contributed by atoms with Crippen molar-refractivity contribution in [3.05, 3.63) is 29.3 Å². The van der Waals surface area contributed by atoms with Crippen LogP contribution in [0.25, 0.3) is 0 Å². The van der Waals surface area contributed by atoms with E-state index in [1.165, 1.54) is 13.1 Å². The van der Waals surface area contributed by atoms with E-state index < -0.39 is 5.95 Å². The fraction of sp³-hybridized carbons (Fsp3) is 0.333. The van der Waals surface area contributed by atoms with Crippen molar-refractivity contribution in [2.45, 2.75) is 20.3 Å². The summed E-state index contributed by atoms with van der Waals surface area (Å²) < 4.78 is 13.1. The van der Waals surface area contributed by atoms with Crippen LogP contribution in [0.4, 0.5) is 4.39 Å². The maximum Gasteiger partial charge on any atom is 0.228 e. The lowest BCUT2D eigenvalue weighted by Crippen LogP contribution is -2.20. The smallest absolute Gasteiger partial charge is 0.228 e. The molecule has 1 aromatic rings. The highest BCUT2D eigenvalue weighted by molar-refractivity contribution is 5.72. The van der Waals surface area contributed by atoms with Crippen LogP contribution in [0.15, 0.2) is 12.3 Å². The number of hydrogen-bond acceptors (Lipinski definition) is 2. The Kier molecular flexibility index (Phi) is 4.46. The van der Waals surface area contributed by atoms with E-state index in [0.717, 1.165) is 5.56 Å². The van der Waals surface area contributed by atoms with Gasteiger partial charge in [-0.15, -0.1) is 0 Å². The van der Waals surface area contributed by atoms with E-state index in [1.54, 1.807) is 6.07 Å². The summed E-state index contributed by atoms with van der Waals surface area (Å²) in [6.45, 7) is 3.75. The molecule has 0 radical (unpaired) electrons. The Morgan fingerprint density at radius 3 is 3.06 bits per heavy atom. The Morgan fingerprint density at radius 2 is 2.38 bits per heavy atom. The first-order chi connectivity index (χ1) is 7.59. The number of pyridine rings is 1. The molecule has 1 aromatic heterocycles. The van der Waals surface area contributed by atoms with Gasteiger partial charge in [-0.2, -0.15) is 4.39 Å². The maximum absolute atomic E-state index is 13.1. The molecule has 1 heterocycles. The normalized spacial score (nSPS) is 9.19. The first kappa shape index (κ1) is 12.2. The molecule has 0 bridgehead atoms. The Morgan fingerprint density at radius 1 is 1.62 bits per heavy atom. The standard InChI is InChI=1S/C12H13FN2O/c1-9-7-11(12(13)15-8-9)5-3-4-6-14-10(2)16/h7-8H,4,6H2,1-2H3,(H,14,16). The van der Waals surface area contributed by atoms with E-state index >= 15 is 0 Å². The molecule has 0 aliphatic carbocycles. The van der Waals surface area contributed by atoms with Gasteiger partial charge in [0.15, 0.2) is 0 Å². The topological polar surface area (TPSA) is 42.0 Å². The number of nitrogens with one attached hydrogen (secondary N) is 1. The number of nitrogens with zero attached hydrogens (tertiary/aromatic N) is 1. The minimum atomic E-state index is -0.558. The van der Waals surface area contributed by atoms with Crippen molar-refractivity contribution in [3.63, 3.8) is 0 Å². The average Bonchev–Trinajstić information content (AvgIpc) is 2.22. The van der Waals surface area contributed by atoms with Gasteiger partial charge in [-0.1, -0.05) is 11.8 Å². The van der Waals surface area contributed by atoms with Crippen LogP contribution >= 0.6 is 0 Å². The van der Waals surface area contributed by atoms with E-state index in [9.17, 15) is 9.18 Å². The molecule has 3 nitrogen and oxygen atoms in total. The zero-order valence-corrected chi connectivity index (χ0v) is 9.30. The molecule has 16 heavy (non-hydrogen) atoms. The SMILES string of the molecule is CC(=O)NCCC#Cc1cc(C)cnc1F. The van der Waals surface area contributed by atoms with E-state index in [0.29, 0.717) is 18.5 Å². The highest BCUT2D eigenvalue weighted by Gasteiger charge is 1.99. The highest BCUT2D eigenvalue weighted by Crippen LogP contribution is 2.04. The zero-order valence-electron chi connectivity index (χ0n) is 9.30. The third kappa shape index (κ3) is 4.09. The number of amides is 1. The van der Waals surface area contributed by atoms with Crippen molar-refractivity contribution in [2.75, 3.05) is 6.54 Å². The number of aryl methyl sites for hydroxylation is 1. The maximum atomic E-state index is 13.1. The molecule has 0 saturated carbocycles. The predicted octanol–water partition coefficient (Wildman–Crippen LogP) is 1.41. The fourth-order valence-electron chi connectivity index (χ4n) is 1.10. The monoisotopic (exact) mass is 220 g/mol. The second-order valence-electron chi connectivity index (χ2n) is 3.39. The minimum Gasteiger partial charge on any atom is -0.355 e. The van der Waals surface area contributed by atoms with E-state index in [1.807, 2.05) is 6.92 Å². The number of carbonyl (C=O) groups is 1. The molecule has 84 valence electrons. The number of aromatic nitrogens is 1. The molecular formula is C12H13FN2O. The molecule has 0 fully saturated rings. The lowest BCUT2D eigenvalue weighted by Gasteiger charge is -1.96. The summed E-state index contributed by atoms with van der Waals surface area (Å²) in [7, 11) is 0. The van der Waals surface area contributed by atoms with Gasteiger partial charge in [-0.05, 0) is 18.6 Å². The van der Waals surface area contributed by atoms with Crippen LogP contribution in [0.3, 0.4) is 0 Å². The number of halogens is 1. The lowest BCUT2D eigenvalue weighted by atomic mass is 10.2. The first-order valence-corrected chi connectivity index (χ1v) is 4.95. The van der Waals surface area contributed by atoms with Gasteiger partial charge >= 0.3 is 0 Å². The van der Waals surface area contributed by atoms with Gasteiger partial charge in [-0.25, -0.2) is 4.98 Å². The zero-order chi connectivity index (χ0) is 12.0. The Balaban J connectivity index is 2.56. The van der Waals surface area contributed by atoms with Crippen molar-refractivity contribution in [1.82, 2.24) is 10.3 Å².